The second-order valence-electron chi connectivity index (χ2n) is 11.7. The van der Waals surface area contributed by atoms with Gasteiger partial charge in [-0.25, -0.2) is 8.42 Å². The van der Waals surface area contributed by atoms with E-state index in [1.165, 1.54) is 24.1 Å². The maximum atomic E-state index is 14.7. The fraction of sp³-hybridized carbons (Fsp3) is 0.297. The highest BCUT2D eigenvalue weighted by Crippen LogP contribution is 2.33. The van der Waals surface area contributed by atoms with Crippen LogP contribution in [0.2, 0.25) is 0 Å². The van der Waals surface area contributed by atoms with E-state index in [9.17, 15) is 18.0 Å². The van der Waals surface area contributed by atoms with Gasteiger partial charge in [0.15, 0.2) is 0 Å². The highest BCUT2D eigenvalue weighted by atomic mass is 32.2. The van der Waals surface area contributed by atoms with Crippen LogP contribution in [0.25, 0.3) is 0 Å². The Labute approximate surface area is 278 Å². The Balaban J connectivity index is 1.83. The average Bonchev–Trinajstić information content (AvgIpc) is 3.08. The number of hydrogen-bond acceptors (Lipinski definition) is 6. The molecule has 0 saturated carbocycles. The second kappa shape index (κ2) is 16.1. The zero-order chi connectivity index (χ0) is 34.0. The number of carbonyl (C=O) groups excluding carboxylic acids is 2. The van der Waals surface area contributed by atoms with E-state index in [0.717, 1.165) is 21.0 Å². The van der Waals surface area contributed by atoms with Gasteiger partial charge >= 0.3 is 0 Å². The molecule has 0 bridgehead atoms. The van der Waals surface area contributed by atoms with Gasteiger partial charge < -0.3 is 19.7 Å². The highest BCUT2D eigenvalue weighted by molar-refractivity contribution is 7.92. The Morgan fingerprint density at radius 2 is 1.47 bits per heavy atom. The van der Waals surface area contributed by atoms with Crippen LogP contribution in [-0.4, -0.2) is 58.5 Å². The molecule has 4 aromatic carbocycles. The first-order valence-electron chi connectivity index (χ1n) is 15.5. The van der Waals surface area contributed by atoms with Gasteiger partial charge in [0.25, 0.3) is 10.0 Å². The Bertz CT molecular complexity index is 1740. The highest BCUT2D eigenvalue weighted by Gasteiger charge is 2.35. The molecule has 9 nitrogen and oxygen atoms in total. The van der Waals surface area contributed by atoms with Crippen LogP contribution in [0, 0.1) is 12.8 Å². The zero-order valence-corrected chi connectivity index (χ0v) is 28.4. The summed E-state index contributed by atoms with van der Waals surface area (Å²) in [5, 5.41) is 3.00. The summed E-state index contributed by atoms with van der Waals surface area (Å²) in [6.45, 7) is 5.72. The number of ether oxygens (including phenoxy) is 2. The number of methoxy groups -OCH3 is 2. The molecule has 1 N–H and O–H groups in total. The molecule has 0 unspecified atom stereocenters. The predicted molar refractivity (Wildman–Crippen MR) is 184 cm³/mol. The number of nitrogens with one attached hydrogen (secondary N) is 1. The minimum Gasteiger partial charge on any atom is -0.497 e. The number of nitrogens with zero attached hydrogens (tertiary/aromatic N) is 2. The Kier molecular flexibility index (Phi) is 12.0. The predicted octanol–water partition coefficient (Wildman–Crippen LogP) is 5.62. The third-order valence-corrected chi connectivity index (χ3v) is 9.46. The number of carbonyl (C=O) groups is 2. The molecule has 0 heterocycles. The van der Waals surface area contributed by atoms with Crippen LogP contribution in [-0.2, 0) is 32.6 Å². The number of sulfonamides is 1. The number of hydrogen-bond donors (Lipinski definition) is 1. The lowest BCUT2D eigenvalue weighted by Crippen LogP contribution is -2.53. The summed E-state index contributed by atoms with van der Waals surface area (Å²) in [5.41, 5.74) is 2.67. The van der Waals surface area contributed by atoms with Gasteiger partial charge in [0.05, 0.1) is 24.8 Å². The van der Waals surface area contributed by atoms with E-state index in [-0.39, 0.29) is 41.1 Å². The van der Waals surface area contributed by atoms with Gasteiger partial charge in [-0.15, -0.1) is 0 Å². The smallest absolute Gasteiger partial charge is 0.264 e. The molecular weight excluding hydrogens is 614 g/mol. The van der Waals surface area contributed by atoms with E-state index in [1.807, 2.05) is 63.2 Å². The molecule has 4 aromatic rings. The van der Waals surface area contributed by atoms with Crippen molar-refractivity contribution in [3.8, 4) is 11.5 Å². The lowest BCUT2D eigenvalue weighted by molar-refractivity contribution is -0.140. The van der Waals surface area contributed by atoms with Crippen molar-refractivity contribution in [3.63, 3.8) is 0 Å². The minimum atomic E-state index is -4.26. The summed E-state index contributed by atoms with van der Waals surface area (Å²) in [6, 6.07) is 28.9. The van der Waals surface area contributed by atoms with E-state index in [0.29, 0.717) is 12.3 Å². The van der Waals surface area contributed by atoms with Crippen LogP contribution < -0.4 is 19.1 Å². The fourth-order valence-electron chi connectivity index (χ4n) is 5.13. The molecule has 1 atom stereocenters. The molecular formula is C37H43N3O6S. The molecule has 10 heteroatoms. The van der Waals surface area contributed by atoms with Crippen LogP contribution in [0.4, 0.5) is 5.69 Å². The van der Waals surface area contributed by atoms with E-state index in [2.05, 4.69) is 5.32 Å². The van der Waals surface area contributed by atoms with E-state index < -0.39 is 28.5 Å². The molecule has 0 radical (unpaired) electrons. The molecule has 47 heavy (non-hydrogen) atoms. The van der Waals surface area contributed by atoms with Crippen molar-refractivity contribution in [3.05, 3.63) is 120 Å². The molecule has 0 fully saturated rings. The molecule has 248 valence electrons. The summed E-state index contributed by atoms with van der Waals surface area (Å²) in [5.74, 6) is 0.167. The Morgan fingerprint density at radius 3 is 2.13 bits per heavy atom. The normalized spacial score (nSPS) is 11.9. The SMILES string of the molecule is COc1cccc(CN(C(=O)CN(c2ccccc2OC)S(=O)(=O)c2ccc(C)cc2)[C@H](Cc2ccccc2)C(=O)NCC(C)C)c1. The van der Waals surface area contributed by atoms with E-state index in [1.54, 1.807) is 55.6 Å². The second-order valence-corrected chi connectivity index (χ2v) is 13.6. The number of benzene rings is 4. The minimum absolute atomic E-state index is 0.0247. The van der Waals surface area contributed by atoms with Gasteiger partial charge in [-0.3, -0.25) is 13.9 Å². The maximum Gasteiger partial charge on any atom is 0.264 e. The van der Waals surface area contributed by atoms with Crippen molar-refractivity contribution >= 4 is 27.5 Å². The first-order valence-corrected chi connectivity index (χ1v) is 16.9. The lowest BCUT2D eigenvalue weighted by Gasteiger charge is -2.34. The van der Waals surface area contributed by atoms with Crippen LogP contribution in [0.1, 0.15) is 30.5 Å². The number of aryl methyl sites for hydroxylation is 1. The summed E-state index contributed by atoms with van der Waals surface area (Å²) >= 11 is 0. The standard InChI is InChI=1S/C37H43N3O6S/c1-27(2)24-38-37(42)34(23-29-12-7-6-8-13-29)39(25-30-14-11-15-31(22-30)45-4)36(41)26-40(33-16-9-10-17-35(33)46-5)47(43,44)32-20-18-28(3)19-21-32/h6-22,27,34H,23-26H2,1-5H3,(H,38,42)/t34-/m1/s1. The molecule has 0 aliphatic heterocycles. The third kappa shape index (κ3) is 9.13. The lowest BCUT2D eigenvalue weighted by atomic mass is 10.0. The van der Waals surface area contributed by atoms with Crippen molar-refractivity contribution < 1.29 is 27.5 Å². The van der Waals surface area contributed by atoms with Crippen LogP contribution in [0.3, 0.4) is 0 Å². The van der Waals surface area contributed by atoms with Crippen LogP contribution in [0.15, 0.2) is 108 Å². The van der Waals surface area contributed by atoms with E-state index >= 15 is 0 Å². The molecule has 0 saturated heterocycles. The molecule has 0 aliphatic rings. The van der Waals surface area contributed by atoms with Crippen molar-refractivity contribution in [1.82, 2.24) is 10.2 Å². The molecule has 0 spiro atoms. The van der Waals surface area contributed by atoms with Gasteiger partial charge in [-0.2, -0.15) is 0 Å². The van der Waals surface area contributed by atoms with Gasteiger partial charge in [0, 0.05) is 19.5 Å². The van der Waals surface area contributed by atoms with Gasteiger partial charge in [0.2, 0.25) is 11.8 Å². The van der Waals surface area contributed by atoms with Gasteiger partial charge in [-0.05, 0) is 60.4 Å². The average molecular weight is 658 g/mol. The molecule has 4 rings (SSSR count). The van der Waals surface area contributed by atoms with E-state index in [4.69, 9.17) is 9.47 Å². The molecule has 2 amide bonds. The molecule has 0 aliphatic carbocycles. The van der Waals surface area contributed by atoms with Crippen molar-refractivity contribution in [2.45, 2.75) is 44.7 Å². The summed E-state index contributed by atoms with van der Waals surface area (Å²) in [6.07, 6.45) is 0.222. The summed E-state index contributed by atoms with van der Waals surface area (Å²) < 4.78 is 40.6. The quantitative estimate of drug-likeness (QED) is 0.178. The largest absolute Gasteiger partial charge is 0.497 e. The fourth-order valence-corrected chi connectivity index (χ4v) is 6.56. The zero-order valence-electron chi connectivity index (χ0n) is 27.6. The van der Waals surface area contributed by atoms with Crippen molar-refractivity contribution in [2.24, 2.45) is 5.92 Å². The van der Waals surface area contributed by atoms with Crippen LogP contribution in [0.5, 0.6) is 11.5 Å². The number of amides is 2. The van der Waals surface area contributed by atoms with Crippen molar-refractivity contribution in [1.29, 1.82) is 0 Å². The Hall–Kier alpha value is -4.83. The van der Waals surface area contributed by atoms with Gasteiger partial charge in [-0.1, -0.05) is 86.1 Å². The van der Waals surface area contributed by atoms with Crippen LogP contribution >= 0.6 is 0 Å². The van der Waals surface area contributed by atoms with Crippen molar-refractivity contribution in [2.75, 3.05) is 31.6 Å². The topological polar surface area (TPSA) is 105 Å². The third-order valence-electron chi connectivity index (χ3n) is 7.68. The summed E-state index contributed by atoms with van der Waals surface area (Å²) in [4.78, 5) is 30.1. The summed E-state index contributed by atoms with van der Waals surface area (Å²) in [7, 11) is -1.25. The van der Waals surface area contributed by atoms with Gasteiger partial charge in [0.1, 0.15) is 24.1 Å². The monoisotopic (exact) mass is 657 g/mol. The molecule has 0 aromatic heterocycles. The Morgan fingerprint density at radius 1 is 0.809 bits per heavy atom. The first kappa shape index (κ1) is 35.0. The number of para-hydroxylation sites is 2. The maximum absolute atomic E-state index is 14.7. The number of rotatable bonds is 15. The first-order chi connectivity index (χ1) is 22.5. The number of anilines is 1.